The van der Waals surface area contributed by atoms with Gasteiger partial charge in [0.05, 0.1) is 6.54 Å². The summed E-state index contributed by atoms with van der Waals surface area (Å²) in [6.07, 6.45) is 7.51. The van der Waals surface area contributed by atoms with E-state index >= 15 is 0 Å². The number of aryl methyl sites for hydroxylation is 1. The van der Waals surface area contributed by atoms with E-state index in [1.165, 1.54) is 0 Å². The number of hydrogen-bond acceptors (Lipinski definition) is 4. The number of hydrogen-bond donors (Lipinski definition) is 1. The highest BCUT2D eigenvalue weighted by Crippen LogP contribution is 2.02. The van der Waals surface area contributed by atoms with Crippen LogP contribution in [0.1, 0.15) is 19.2 Å². The van der Waals surface area contributed by atoms with Gasteiger partial charge in [-0.05, 0) is 6.42 Å². The molecule has 0 saturated heterocycles. The molecule has 0 atom stereocenters. The fraction of sp³-hybridized carbons (Fsp3) is 0.364. The van der Waals surface area contributed by atoms with Gasteiger partial charge in [0.25, 0.3) is 5.56 Å². The van der Waals surface area contributed by atoms with Crippen molar-refractivity contribution < 1.29 is 0 Å². The van der Waals surface area contributed by atoms with Gasteiger partial charge in [-0.25, -0.2) is 9.97 Å². The maximum atomic E-state index is 12.1. The highest BCUT2D eigenvalue weighted by Gasteiger charge is 2.09. The predicted octanol–water partition coefficient (Wildman–Crippen LogP) is 0.298. The number of aromatic nitrogens is 4. The maximum absolute atomic E-state index is 12.1. The highest BCUT2D eigenvalue weighted by atomic mass is 16.1. The zero-order valence-electron chi connectivity index (χ0n) is 9.71. The van der Waals surface area contributed by atoms with E-state index in [9.17, 15) is 4.79 Å². The first-order chi connectivity index (χ1) is 8.27. The average molecular weight is 233 g/mol. The molecule has 0 amide bonds. The van der Waals surface area contributed by atoms with Gasteiger partial charge >= 0.3 is 0 Å². The molecular weight excluding hydrogens is 218 g/mol. The quantitative estimate of drug-likeness (QED) is 0.823. The summed E-state index contributed by atoms with van der Waals surface area (Å²) >= 11 is 0. The molecule has 0 unspecified atom stereocenters. The van der Waals surface area contributed by atoms with Crippen molar-refractivity contribution in [1.29, 1.82) is 0 Å². The molecule has 2 aromatic heterocycles. The maximum Gasteiger partial charge on any atom is 0.294 e. The van der Waals surface area contributed by atoms with Crippen molar-refractivity contribution in [3.05, 3.63) is 41.0 Å². The molecule has 0 aromatic carbocycles. The Morgan fingerprint density at radius 2 is 2.06 bits per heavy atom. The highest BCUT2D eigenvalue weighted by molar-refractivity contribution is 5.21. The summed E-state index contributed by atoms with van der Waals surface area (Å²) in [5.41, 5.74) is 5.44. The van der Waals surface area contributed by atoms with Gasteiger partial charge in [-0.15, -0.1) is 0 Å². The van der Waals surface area contributed by atoms with Gasteiger partial charge in [0, 0.05) is 31.3 Å². The van der Waals surface area contributed by atoms with Gasteiger partial charge < -0.3 is 10.3 Å². The van der Waals surface area contributed by atoms with Crippen LogP contribution in [-0.4, -0.2) is 19.1 Å². The summed E-state index contributed by atoms with van der Waals surface area (Å²) in [4.78, 5) is 20.3. The van der Waals surface area contributed by atoms with E-state index in [1.54, 1.807) is 33.9 Å². The van der Waals surface area contributed by atoms with E-state index in [4.69, 9.17) is 5.73 Å². The molecule has 6 heteroatoms. The van der Waals surface area contributed by atoms with Gasteiger partial charge in [-0.3, -0.25) is 9.36 Å². The SMILES string of the molecule is CCCn1ccnc(-n2ccnc2CN)c1=O. The lowest BCUT2D eigenvalue weighted by Gasteiger charge is -2.08. The van der Waals surface area contributed by atoms with Crippen LogP contribution in [0, 0.1) is 0 Å². The van der Waals surface area contributed by atoms with Crippen LogP contribution in [0.3, 0.4) is 0 Å². The Bertz CT molecular complexity index is 557. The molecule has 0 fully saturated rings. The monoisotopic (exact) mass is 233 g/mol. The fourth-order valence-corrected chi connectivity index (χ4v) is 1.70. The molecule has 0 aliphatic carbocycles. The summed E-state index contributed by atoms with van der Waals surface area (Å²) in [5.74, 6) is 0.975. The smallest absolute Gasteiger partial charge is 0.294 e. The molecule has 2 aromatic rings. The summed E-state index contributed by atoms with van der Waals surface area (Å²) in [6, 6.07) is 0. The van der Waals surface area contributed by atoms with Crippen LogP contribution in [0.5, 0.6) is 0 Å². The largest absolute Gasteiger partial charge is 0.324 e. The standard InChI is InChI=1S/C11H15N5O/c1-2-5-15-6-3-14-10(11(15)17)16-7-4-13-9(16)8-12/h3-4,6-7H,2,5,8,12H2,1H3. The van der Waals surface area contributed by atoms with Gasteiger partial charge in [-0.2, -0.15) is 0 Å². The second kappa shape index (κ2) is 4.92. The zero-order chi connectivity index (χ0) is 12.3. The van der Waals surface area contributed by atoms with E-state index in [0.717, 1.165) is 6.42 Å². The van der Waals surface area contributed by atoms with Crippen molar-refractivity contribution in [2.45, 2.75) is 26.4 Å². The Labute approximate surface area is 98.7 Å². The molecule has 2 heterocycles. The van der Waals surface area contributed by atoms with Crippen molar-refractivity contribution in [2.24, 2.45) is 5.73 Å². The van der Waals surface area contributed by atoms with Crippen molar-refractivity contribution in [1.82, 2.24) is 19.1 Å². The van der Waals surface area contributed by atoms with Gasteiger partial charge in [0.1, 0.15) is 5.82 Å². The molecular formula is C11H15N5O. The summed E-state index contributed by atoms with van der Waals surface area (Å²) in [7, 11) is 0. The molecule has 90 valence electrons. The van der Waals surface area contributed by atoms with E-state index in [1.807, 2.05) is 6.92 Å². The molecule has 17 heavy (non-hydrogen) atoms. The van der Waals surface area contributed by atoms with Gasteiger partial charge in [0.2, 0.25) is 5.82 Å². The van der Waals surface area contributed by atoms with E-state index in [2.05, 4.69) is 9.97 Å². The van der Waals surface area contributed by atoms with Crippen LogP contribution in [0.25, 0.3) is 5.82 Å². The lowest BCUT2D eigenvalue weighted by atomic mass is 10.4. The molecule has 0 bridgehead atoms. The molecule has 0 saturated carbocycles. The van der Waals surface area contributed by atoms with Crippen molar-refractivity contribution in [3.8, 4) is 5.82 Å². The summed E-state index contributed by atoms with van der Waals surface area (Å²) in [6.45, 7) is 2.98. The van der Waals surface area contributed by atoms with Gasteiger partial charge in [0.15, 0.2) is 0 Å². The second-order valence-corrected chi connectivity index (χ2v) is 3.67. The Morgan fingerprint density at radius 1 is 1.29 bits per heavy atom. The minimum Gasteiger partial charge on any atom is -0.324 e. The minimum atomic E-state index is -0.123. The van der Waals surface area contributed by atoms with Crippen LogP contribution in [0.4, 0.5) is 0 Å². The number of nitrogens with two attached hydrogens (primary N) is 1. The third kappa shape index (κ3) is 2.12. The normalized spacial score (nSPS) is 10.7. The molecule has 2 N–H and O–H groups in total. The Morgan fingerprint density at radius 3 is 2.76 bits per heavy atom. The van der Waals surface area contributed by atoms with Crippen LogP contribution < -0.4 is 11.3 Å². The lowest BCUT2D eigenvalue weighted by molar-refractivity contribution is 0.639. The fourth-order valence-electron chi connectivity index (χ4n) is 1.70. The summed E-state index contributed by atoms with van der Waals surface area (Å²) in [5, 5.41) is 0. The molecule has 2 rings (SSSR count). The molecule has 0 aliphatic rings. The van der Waals surface area contributed by atoms with Crippen LogP contribution in [-0.2, 0) is 13.1 Å². The summed E-state index contributed by atoms with van der Waals surface area (Å²) < 4.78 is 3.27. The molecule has 0 aliphatic heterocycles. The Kier molecular flexibility index (Phi) is 3.34. The van der Waals surface area contributed by atoms with E-state index in [-0.39, 0.29) is 12.1 Å². The molecule has 0 spiro atoms. The van der Waals surface area contributed by atoms with Crippen LogP contribution in [0.15, 0.2) is 29.6 Å². The Hall–Kier alpha value is -1.95. The van der Waals surface area contributed by atoms with E-state index in [0.29, 0.717) is 18.2 Å². The lowest BCUT2D eigenvalue weighted by Crippen LogP contribution is -2.26. The Balaban J connectivity index is 2.53. The first kappa shape index (κ1) is 11.5. The molecule has 6 nitrogen and oxygen atoms in total. The van der Waals surface area contributed by atoms with Gasteiger partial charge in [-0.1, -0.05) is 6.92 Å². The predicted molar refractivity (Wildman–Crippen MR) is 63.8 cm³/mol. The second-order valence-electron chi connectivity index (χ2n) is 3.67. The van der Waals surface area contributed by atoms with Crippen molar-refractivity contribution in [3.63, 3.8) is 0 Å². The van der Waals surface area contributed by atoms with Crippen LogP contribution in [0.2, 0.25) is 0 Å². The number of nitrogens with zero attached hydrogens (tertiary/aromatic N) is 4. The van der Waals surface area contributed by atoms with E-state index < -0.39 is 0 Å². The zero-order valence-corrected chi connectivity index (χ0v) is 9.71. The number of imidazole rings is 1. The molecule has 0 radical (unpaired) electrons. The third-order valence-corrected chi connectivity index (χ3v) is 2.49. The topological polar surface area (TPSA) is 78.7 Å². The van der Waals surface area contributed by atoms with Crippen molar-refractivity contribution >= 4 is 0 Å². The minimum absolute atomic E-state index is 0.123. The number of rotatable bonds is 4. The first-order valence-electron chi connectivity index (χ1n) is 5.56. The third-order valence-electron chi connectivity index (χ3n) is 2.49. The first-order valence-corrected chi connectivity index (χ1v) is 5.56. The van der Waals surface area contributed by atoms with Crippen LogP contribution >= 0.6 is 0 Å². The average Bonchev–Trinajstić information content (AvgIpc) is 2.80. The van der Waals surface area contributed by atoms with Crippen molar-refractivity contribution in [2.75, 3.05) is 0 Å².